The molecule has 3 aromatic heterocycles. The molecule has 1 unspecified atom stereocenters. The maximum Gasteiger partial charge on any atom is 0.227 e. The number of rotatable bonds is 2. The lowest BCUT2D eigenvalue weighted by Crippen LogP contribution is -2.08. The van der Waals surface area contributed by atoms with Crippen LogP contribution in [0.4, 0.5) is 5.88 Å². The maximum absolute atomic E-state index is 6.72. The summed E-state index contributed by atoms with van der Waals surface area (Å²) in [5.74, 6) is 0.845. The van der Waals surface area contributed by atoms with Crippen molar-refractivity contribution in [3.63, 3.8) is 0 Å². The van der Waals surface area contributed by atoms with Gasteiger partial charge in [0.25, 0.3) is 0 Å². The van der Waals surface area contributed by atoms with Gasteiger partial charge in [0.1, 0.15) is 5.58 Å². The van der Waals surface area contributed by atoms with Crippen LogP contribution in [0.1, 0.15) is 47.4 Å². The number of para-hydroxylation sites is 2. The summed E-state index contributed by atoms with van der Waals surface area (Å²) in [6.45, 7) is 0. The van der Waals surface area contributed by atoms with Crippen molar-refractivity contribution in [3.8, 4) is 11.1 Å². The first kappa shape index (κ1) is 29.2. The number of aliphatic imine (C=N–C) groups is 1. The summed E-state index contributed by atoms with van der Waals surface area (Å²) in [5, 5.41) is 9.02. The minimum atomic E-state index is 0.124. The number of fused-ring (bicyclic) bond motifs is 15. The number of benzene rings is 7. The smallest absolute Gasteiger partial charge is 0.227 e. The first-order valence-corrected chi connectivity index (χ1v) is 18.9. The maximum atomic E-state index is 6.72. The molecule has 0 radical (unpaired) electrons. The van der Waals surface area contributed by atoms with Crippen LogP contribution in [-0.2, 0) is 6.42 Å². The second-order valence-corrected chi connectivity index (χ2v) is 14.8. The van der Waals surface area contributed by atoms with Gasteiger partial charge < -0.3 is 8.82 Å². The number of allylic oxidation sites excluding steroid dienone is 2. The molecular weight excluding hydrogens is 645 g/mol. The Morgan fingerprint density at radius 2 is 1.38 bits per heavy atom. The van der Waals surface area contributed by atoms with Crippen LogP contribution < -0.4 is 0 Å². The lowest BCUT2D eigenvalue weighted by Gasteiger charge is -2.24. The number of furan rings is 1. The van der Waals surface area contributed by atoms with Crippen molar-refractivity contribution < 1.29 is 4.42 Å². The molecule has 2 aliphatic rings. The molecule has 0 amide bonds. The van der Waals surface area contributed by atoms with Crippen LogP contribution in [0.3, 0.4) is 0 Å². The van der Waals surface area contributed by atoms with Crippen molar-refractivity contribution in [2.45, 2.75) is 31.6 Å². The van der Waals surface area contributed by atoms with Crippen LogP contribution >= 0.6 is 0 Å². The molecule has 3 nitrogen and oxygen atoms in total. The largest absolute Gasteiger partial charge is 0.438 e. The van der Waals surface area contributed by atoms with Crippen LogP contribution in [0.2, 0.25) is 0 Å². The summed E-state index contributed by atoms with van der Waals surface area (Å²) < 4.78 is 9.30. The van der Waals surface area contributed by atoms with E-state index in [9.17, 15) is 0 Å². The zero-order valence-corrected chi connectivity index (χ0v) is 29.1. The van der Waals surface area contributed by atoms with Crippen molar-refractivity contribution in [1.29, 1.82) is 0 Å². The van der Waals surface area contributed by atoms with E-state index in [1.54, 1.807) is 0 Å². The van der Waals surface area contributed by atoms with Gasteiger partial charge >= 0.3 is 0 Å². The van der Waals surface area contributed by atoms with Gasteiger partial charge in [0.2, 0.25) is 5.88 Å². The molecule has 0 fully saturated rings. The Balaban J connectivity index is 1.22. The average molecular weight is 679 g/mol. The number of aromatic nitrogens is 1. The summed E-state index contributed by atoms with van der Waals surface area (Å²) in [6, 6.07) is 53.4. The van der Waals surface area contributed by atoms with E-state index in [0.29, 0.717) is 0 Å². The molecule has 0 saturated carbocycles. The van der Waals surface area contributed by atoms with E-state index in [1.165, 1.54) is 76.7 Å². The SMILES string of the molecule is C1=C(C2CCc3ccccc3-c3cc4c5ccc6ccccc6c5n5c6ccccc6c(c32)c45)c2c(oc3ccccc23)N=C(c2ccccc2)CC1. The van der Waals surface area contributed by atoms with Crippen molar-refractivity contribution in [2.75, 3.05) is 0 Å². The van der Waals surface area contributed by atoms with Gasteiger partial charge in [-0.1, -0.05) is 133 Å². The van der Waals surface area contributed by atoms with Crippen LogP contribution in [0.25, 0.3) is 76.5 Å². The Bertz CT molecular complexity index is 3170. The highest BCUT2D eigenvalue weighted by Crippen LogP contribution is 2.55. The van der Waals surface area contributed by atoms with Gasteiger partial charge in [-0.15, -0.1) is 0 Å². The number of hydrogen-bond acceptors (Lipinski definition) is 2. The Hall–Kier alpha value is -6.45. The van der Waals surface area contributed by atoms with Crippen LogP contribution in [0.15, 0.2) is 161 Å². The lowest BCUT2D eigenvalue weighted by atomic mass is 9.78. The third-order valence-corrected chi connectivity index (χ3v) is 12.1. The summed E-state index contributed by atoms with van der Waals surface area (Å²) in [4.78, 5) is 5.37. The van der Waals surface area contributed by atoms with Gasteiger partial charge in [-0.2, -0.15) is 0 Å². The molecule has 1 aliphatic carbocycles. The van der Waals surface area contributed by atoms with E-state index < -0.39 is 0 Å². The number of aryl methyl sites for hydroxylation is 1. The fourth-order valence-corrected chi connectivity index (χ4v) is 9.88. The lowest BCUT2D eigenvalue weighted by molar-refractivity contribution is 0.623. The van der Waals surface area contributed by atoms with E-state index in [1.807, 2.05) is 0 Å². The van der Waals surface area contributed by atoms with E-state index >= 15 is 0 Å². The fraction of sp³-hybridized carbons (Fsp3) is 0.100. The molecule has 0 bridgehead atoms. The summed E-state index contributed by atoms with van der Waals surface area (Å²) >= 11 is 0. The van der Waals surface area contributed by atoms with Crippen molar-refractivity contribution in [2.24, 2.45) is 4.99 Å². The standard InChI is InChI=1S/C50H34N2O/c1-2-15-32(16-3-1)42-22-12-21-35(46-39-20-9-11-24-44(39)53-50(46)51-42)36-27-25-30-13-4-6-17-33(30)40-29-41-37-28-26-31-14-5-7-18-34(31)48(37)52-43-23-10-8-19-38(43)47(45(36)40)49(41)52/h1-11,13-21,23-24,26,28-29,36H,12,22,25,27H2. The summed E-state index contributed by atoms with van der Waals surface area (Å²) in [7, 11) is 0. The normalized spacial score (nSPS) is 16.0. The van der Waals surface area contributed by atoms with E-state index in [0.717, 1.165) is 59.4 Å². The third kappa shape index (κ3) is 4.08. The van der Waals surface area contributed by atoms with Gasteiger partial charge in [0.05, 0.1) is 27.8 Å². The molecule has 250 valence electrons. The molecule has 7 aromatic carbocycles. The Morgan fingerprint density at radius 3 is 2.30 bits per heavy atom. The van der Waals surface area contributed by atoms with Crippen molar-refractivity contribution in [3.05, 3.63) is 174 Å². The molecule has 0 spiro atoms. The summed E-state index contributed by atoms with van der Waals surface area (Å²) in [5.41, 5.74) is 15.0. The zero-order valence-electron chi connectivity index (χ0n) is 29.1. The number of hydrogen-bond donors (Lipinski definition) is 0. The zero-order chi connectivity index (χ0) is 34.6. The van der Waals surface area contributed by atoms with Gasteiger partial charge in [-0.25, -0.2) is 4.99 Å². The molecule has 0 saturated heterocycles. The number of nitrogens with zero attached hydrogens (tertiary/aromatic N) is 2. The van der Waals surface area contributed by atoms with E-state index in [4.69, 9.17) is 9.41 Å². The molecule has 4 heterocycles. The highest BCUT2D eigenvalue weighted by atomic mass is 16.3. The highest BCUT2D eigenvalue weighted by Gasteiger charge is 2.34. The molecule has 53 heavy (non-hydrogen) atoms. The highest BCUT2D eigenvalue weighted by molar-refractivity contribution is 6.29. The molecule has 1 atom stereocenters. The van der Waals surface area contributed by atoms with Crippen molar-refractivity contribution >= 4 is 77.0 Å². The van der Waals surface area contributed by atoms with Crippen LogP contribution in [0, 0.1) is 0 Å². The van der Waals surface area contributed by atoms with E-state index in [-0.39, 0.29) is 5.92 Å². The molecule has 1 aliphatic heterocycles. The fourth-order valence-electron chi connectivity index (χ4n) is 9.88. The predicted octanol–water partition coefficient (Wildman–Crippen LogP) is 13.4. The third-order valence-electron chi connectivity index (χ3n) is 12.1. The molecule has 3 heteroatoms. The minimum Gasteiger partial charge on any atom is -0.438 e. The second-order valence-electron chi connectivity index (χ2n) is 14.8. The quantitative estimate of drug-likeness (QED) is 0.179. The van der Waals surface area contributed by atoms with Gasteiger partial charge in [0, 0.05) is 38.2 Å². The van der Waals surface area contributed by atoms with Crippen molar-refractivity contribution in [1.82, 2.24) is 4.40 Å². The monoisotopic (exact) mass is 678 g/mol. The van der Waals surface area contributed by atoms with Gasteiger partial charge in [0.15, 0.2) is 0 Å². The minimum absolute atomic E-state index is 0.124. The summed E-state index contributed by atoms with van der Waals surface area (Å²) in [6.07, 6.45) is 6.27. The first-order chi connectivity index (χ1) is 26.3. The van der Waals surface area contributed by atoms with E-state index in [2.05, 4.69) is 156 Å². The van der Waals surface area contributed by atoms with Crippen LogP contribution in [0.5, 0.6) is 0 Å². The molecule has 10 aromatic rings. The van der Waals surface area contributed by atoms with Gasteiger partial charge in [-0.3, -0.25) is 0 Å². The second kappa shape index (κ2) is 11.0. The average Bonchev–Trinajstić information content (AvgIpc) is 3.81. The topological polar surface area (TPSA) is 29.9 Å². The predicted molar refractivity (Wildman–Crippen MR) is 221 cm³/mol. The molecular formula is C50H34N2O. The Kier molecular flexibility index (Phi) is 6.07. The molecule has 12 rings (SSSR count). The Morgan fingerprint density at radius 1 is 0.604 bits per heavy atom. The van der Waals surface area contributed by atoms with Gasteiger partial charge in [-0.05, 0) is 82.7 Å². The Labute approximate surface area is 306 Å². The first-order valence-electron chi connectivity index (χ1n) is 18.9. The van der Waals surface area contributed by atoms with Crippen LogP contribution in [-0.4, -0.2) is 10.1 Å². The molecule has 0 N–H and O–H groups in total.